The minimum absolute atomic E-state index is 0.186. The van der Waals surface area contributed by atoms with Gasteiger partial charge in [-0.3, -0.25) is 0 Å². The number of nitriles is 1. The van der Waals surface area contributed by atoms with Crippen molar-refractivity contribution in [2.75, 3.05) is 18.1 Å². The summed E-state index contributed by atoms with van der Waals surface area (Å²) >= 11 is 0. The van der Waals surface area contributed by atoms with Crippen LogP contribution in [0.3, 0.4) is 0 Å². The Hall–Kier alpha value is -1.60. The summed E-state index contributed by atoms with van der Waals surface area (Å²) in [6.07, 6.45) is 5.97. The third-order valence-corrected chi connectivity index (χ3v) is 3.27. The topological polar surface area (TPSA) is 60.2 Å². The van der Waals surface area contributed by atoms with E-state index in [0.717, 1.165) is 18.7 Å². The largest absolute Gasteiger partial charge is 0.396 e. The van der Waals surface area contributed by atoms with E-state index >= 15 is 0 Å². The second-order valence-corrected chi connectivity index (χ2v) is 4.34. The van der Waals surface area contributed by atoms with Crippen molar-refractivity contribution in [1.82, 2.24) is 4.98 Å². The minimum Gasteiger partial charge on any atom is -0.396 e. The van der Waals surface area contributed by atoms with Gasteiger partial charge in [0.05, 0.1) is 5.69 Å². The maximum absolute atomic E-state index is 9.08. The van der Waals surface area contributed by atoms with Crippen LogP contribution in [0.2, 0.25) is 0 Å². The fourth-order valence-electron chi connectivity index (χ4n) is 2.15. The number of hydrogen-bond donors (Lipinski definition) is 1. The van der Waals surface area contributed by atoms with Gasteiger partial charge >= 0.3 is 0 Å². The number of hydrogen-bond acceptors (Lipinski definition) is 4. The Morgan fingerprint density at radius 2 is 2.35 bits per heavy atom. The zero-order valence-electron chi connectivity index (χ0n) is 9.84. The van der Waals surface area contributed by atoms with Crippen LogP contribution in [-0.4, -0.2) is 29.3 Å². The summed E-state index contributed by atoms with van der Waals surface area (Å²) < 4.78 is 0. The minimum atomic E-state index is 0.186. The van der Waals surface area contributed by atoms with E-state index in [1.165, 1.54) is 19.3 Å². The Morgan fingerprint density at radius 1 is 1.53 bits per heavy atom. The lowest BCUT2D eigenvalue weighted by Gasteiger charge is -2.39. The predicted octanol–water partition coefficient (Wildman–Crippen LogP) is 1.69. The maximum Gasteiger partial charge on any atom is 0.163 e. The normalized spacial score (nSPS) is 15.1. The Labute approximate surface area is 102 Å². The summed E-state index contributed by atoms with van der Waals surface area (Å²) in [6, 6.07) is 6.46. The van der Waals surface area contributed by atoms with Crippen molar-refractivity contribution in [1.29, 1.82) is 5.26 Å². The third-order valence-electron chi connectivity index (χ3n) is 3.27. The summed E-state index contributed by atoms with van der Waals surface area (Å²) in [5.74, 6) is 0. The number of rotatable bonds is 5. The average Bonchev–Trinajstić information content (AvgIpc) is 2.32. The average molecular weight is 231 g/mol. The Bertz CT molecular complexity index is 409. The summed E-state index contributed by atoms with van der Waals surface area (Å²) in [6.45, 7) is 0.979. The van der Waals surface area contributed by atoms with Crippen LogP contribution in [0.1, 0.15) is 31.4 Å². The molecule has 1 heterocycles. The lowest BCUT2D eigenvalue weighted by molar-refractivity contribution is 0.283. The highest BCUT2D eigenvalue weighted by molar-refractivity contribution is 5.56. The van der Waals surface area contributed by atoms with Crippen molar-refractivity contribution in [2.45, 2.75) is 31.7 Å². The molecule has 0 amide bonds. The molecule has 90 valence electrons. The second kappa shape index (κ2) is 5.65. The molecule has 17 heavy (non-hydrogen) atoms. The molecule has 1 N–H and O–H groups in total. The smallest absolute Gasteiger partial charge is 0.163 e. The van der Waals surface area contributed by atoms with E-state index in [4.69, 9.17) is 10.4 Å². The van der Waals surface area contributed by atoms with Gasteiger partial charge in [-0.2, -0.15) is 5.26 Å². The van der Waals surface area contributed by atoms with Crippen LogP contribution in [0.4, 0.5) is 5.69 Å². The van der Waals surface area contributed by atoms with Gasteiger partial charge in [-0.1, -0.05) is 0 Å². The van der Waals surface area contributed by atoms with Gasteiger partial charge in [-0.25, -0.2) is 4.98 Å². The summed E-state index contributed by atoms with van der Waals surface area (Å²) in [5, 5.41) is 18.0. The van der Waals surface area contributed by atoms with E-state index in [2.05, 4.69) is 16.0 Å². The predicted molar refractivity (Wildman–Crippen MR) is 65.6 cm³/mol. The molecule has 4 nitrogen and oxygen atoms in total. The molecule has 1 aromatic heterocycles. The molecule has 4 heteroatoms. The number of aliphatic hydroxyl groups is 1. The lowest BCUT2D eigenvalue weighted by Crippen LogP contribution is -2.41. The molecule has 0 saturated heterocycles. The molecule has 0 atom stereocenters. The van der Waals surface area contributed by atoms with Gasteiger partial charge in [-0.15, -0.1) is 0 Å². The van der Waals surface area contributed by atoms with Crippen LogP contribution < -0.4 is 4.90 Å². The SMILES string of the molecule is N#Cc1ncccc1N(CCCO)C1CCC1. The molecule has 0 bridgehead atoms. The quantitative estimate of drug-likeness (QED) is 0.837. The van der Waals surface area contributed by atoms with E-state index in [1.54, 1.807) is 6.20 Å². The van der Waals surface area contributed by atoms with Crippen LogP contribution in [0, 0.1) is 11.3 Å². The molecule has 1 aliphatic rings. The molecular weight excluding hydrogens is 214 g/mol. The lowest BCUT2D eigenvalue weighted by atomic mass is 9.90. The first-order chi connectivity index (χ1) is 8.36. The fraction of sp³-hybridized carbons (Fsp3) is 0.538. The zero-order valence-corrected chi connectivity index (χ0v) is 9.84. The van der Waals surface area contributed by atoms with E-state index in [1.807, 2.05) is 12.1 Å². The molecule has 0 aliphatic heterocycles. The van der Waals surface area contributed by atoms with Crippen molar-refractivity contribution in [3.8, 4) is 6.07 Å². The van der Waals surface area contributed by atoms with Crippen molar-refractivity contribution in [3.05, 3.63) is 24.0 Å². The molecule has 1 aromatic rings. The van der Waals surface area contributed by atoms with Gasteiger partial charge in [0.25, 0.3) is 0 Å². The van der Waals surface area contributed by atoms with Crippen LogP contribution in [0.15, 0.2) is 18.3 Å². The molecule has 1 saturated carbocycles. The van der Waals surface area contributed by atoms with Crippen molar-refractivity contribution in [2.24, 2.45) is 0 Å². The highest BCUT2D eigenvalue weighted by Crippen LogP contribution is 2.30. The van der Waals surface area contributed by atoms with Gasteiger partial charge in [0.1, 0.15) is 6.07 Å². The number of anilines is 1. The standard InChI is InChI=1S/C13H17N3O/c14-10-12-13(6-2-7-15-12)16(8-3-9-17)11-4-1-5-11/h2,6-7,11,17H,1,3-5,8-9H2. The molecule has 2 rings (SSSR count). The highest BCUT2D eigenvalue weighted by atomic mass is 16.3. The van der Waals surface area contributed by atoms with Crippen molar-refractivity contribution in [3.63, 3.8) is 0 Å². The van der Waals surface area contributed by atoms with Crippen LogP contribution in [-0.2, 0) is 0 Å². The van der Waals surface area contributed by atoms with E-state index < -0.39 is 0 Å². The number of nitrogens with zero attached hydrogens (tertiary/aromatic N) is 3. The van der Waals surface area contributed by atoms with E-state index in [-0.39, 0.29) is 6.61 Å². The van der Waals surface area contributed by atoms with E-state index in [9.17, 15) is 0 Å². The first-order valence-corrected chi connectivity index (χ1v) is 6.09. The molecule has 0 spiro atoms. The second-order valence-electron chi connectivity index (χ2n) is 4.34. The molecular formula is C13H17N3O. The molecule has 1 fully saturated rings. The zero-order chi connectivity index (χ0) is 12.1. The van der Waals surface area contributed by atoms with Gasteiger partial charge in [0.15, 0.2) is 5.69 Å². The third kappa shape index (κ3) is 2.56. The van der Waals surface area contributed by atoms with Crippen molar-refractivity contribution < 1.29 is 5.11 Å². The number of aliphatic hydroxyl groups excluding tert-OH is 1. The Balaban J connectivity index is 2.21. The first-order valence-electron chi connectivity index (χ1n) is 6.09. The summed E-state index contributed by atoms with van der Waals surface area (Å²) in [4.78, 5) is 6.33. The van der Waals surface area contributed by atoms with Gasteiger partial charge in [-0.05, 0) is 37.8 Å². The Morgan fingerprint density at radius 3 is 2.94 bits per heavy atom. The monoisotopic (exact) mass is 231 g/mol. The molecule has 1 aliphatic carbocycles. The van der Waals surface area contributed by atoms with Crippen LogP contribution in [0.25, 0.3) is 0 Å². The summed E-state index contributed by atoms with van der Waals surface area (Å²) in [7, 11) is 0. The van der Waals surface area contributed by atoms with Crippen LogP contribution >= 0.6 is 0 Å². The van der Waals surface area contributed by atoms with Crippen LogP contribution in [0.5, 0.6) is 0 Å². The number of aromatic nitrogens is 1. The summed E-state index contributed by atoms with van der Waals surface area (Å²) in [5.41, 5.74) is 1.39. The van der Waals surface area contributed by atoms with E-state index in [0.29, 0.717) is 11.7 Å². The van der Waals surface area contributed by atoms with Crippen molar-refractivity contribution >= 4 is 5.69 Å². The fourth-order valence-corrected chi connectivity index (χ4v) is 2.15. The Kier molecular flexibility index (Phi) is 3.94. The molecule has 0 radical (unpaired) electrons. The first kappa shape index (κ1) is 11.9. The maximum atomic E-state index is 9.08. The van der Waals surface area contributed by atoms with Gasteiger partial charge in [0.2, 0.25) is 0 Å². The van der Waals surface area contributed by atoms with Gasteiger partial charge in [0, 0.05) is 25.4 Å². The molecule has 0 unspecified atom stereocenters. The molecule has 0 aromatic carbocycles. The van der Waals surface area contributed by atoms with Gasteiger partial charge < -0.3 is 10.0 Å². The highest BCUT2D eigenvalue weighted by Gasteiger charge is 2.26. The number of pyridine rings is 1.